The average molecular weight is 234 g/mol. The zero-order chi connectivity index (χ0) is 12.3. The first-order valence-electron chi connectivity index (χ1n) is 4.18. The van der Waals surface area contributed by atoms with Crippen LogP contribution in [0.25, 0.3) is 0 Å². The number of carbonyl (C=O) groups is 1. The van der Waals surface area contributed by atoms with E-state index in [1.54, 1.807) is 0 Å². The van der Waals surface area contributed by atoms with Crippen LogP contribution >= 0.6 is 0 Å². The van der Waals surface area contributed by atoms with E-state index >= 15 is 0 Å². The van der Waals surface area contributed by atoms with E-state index in [0.717, 1.165) is 17.0 Å². The van der Waals surface area contributed by atoms with Gasteiger partial charge in [-0.2, -0.15) is 0 Å². The number of anilines is 1. The highest BCUT2D eigenvalue weighted by Gasteiger charge is 2.30. The lowest BCUT2D eigenvalue weighted by Crippen LogP contribution is -2.31. The Morgan fingerprint density at radius 1 is 1.31 bits per heavy atom. The molecule has 1 rings (SSSR count). The first-order valence-corrected chi connectivity index (χ1v) is 4.18. The lowest BCUT2D eigenvalue weighted by atomic mass is 10.3. The largest absolute Gasteiger partial charge is 0.573 e. The van der Waals surface area contributed by atoms with Crippen molar-refractivity contribution in [3.05, 3.63) is 24.3 Å². The molecular weight excluding hydrogens is 225 g/mol. The molecule has 16 heavy (non-hydrogen) atoms. The number of halogens is 3. The van der Waals surface area contributed by atoms with Gasteiger partial charge in [-0.05, 0) is 24.3 Å². The monoisotopic (exact) mass is 234 g/mol. The number of hydrogen-bond acceptors (Lipinski definition) is 2. The number of benzene rings is 1. The van der Waals surface area contributed by atoms with Crippen molar-refractivity contribution >= 4 is 11.7 Å². The number of urea groups is 1. The fraction of sp³-hybridized carbons (Fsp3) is 0.222. The van der Waals surface area contributed by atoms with Gasteiger partial charge in [0, 0.05) is 12.7 Å². The summed E-state index contributed by atoms with van der Waals surface area (Å²) in [5.74, 6) is -0.353. The maximum atomic E-state index is 11.8. The molecule has 4 nitrogen and oxygen atoms in total. The molecule has 0 unspecified atom stereocenters. The van der Waals surface area contributed by atoms with E-state index in [9.17, 15) is 18.0 Å². The molecule has 0 saturated carbocycles. The van der Waals surface area contributed by atoms with Crippen molar-refractivity contribution in [3.8, 4) is 5.75 Å². The molecule has 7 heteroatoms. The number of nitrogens with zero attached hydrogens (tertiary/aromatic N) is 1. The molecule has 0 heterocycles. The van der Waals surface area contributed by atoms with Gasteiger partial charge in [0.2, 0.25) is 0 Å². The van der Waals surface area contributed by atoms with Crippen LogP contribution in [0.15, 0.2) is 24.3 Å². The molecule has 0 atom stereocenters. The Labute approximate surface area is 89.4 Å². The number of amides is 2. The van der Waals surface area contributed by atoms with Crippen molar-refractivity contribution in [2.45, 2.75) is 6.36 Å². The molecule has 0 fully saturated rings. The number of hydrogen-bond donors (Lipinski definition) is 1. The predicted octanol–water partition coefficient (Wildman–Crippen LogP) is 2.10. The molecule has 0 spiro atoms. The summed E-state index contributed by atoms with van der Waals surface area (Å²) in [7, 11) is 1.40. The van der Waals surface area contributed by atoms with E-state index < -0.39 is 12.4 Å². The van der Waals surface area contributed by atoms with Gasteiger partial charge in [0.05, 0.1) is 0 Å². The van der Waals surface area contributed by atoms with Gasteiger partial charge in [0.1, 0.15) is 5.75 Å². The number of primary amides is 1. The predicted molar refractivity (Wildman–Crippen MR) is 51.1 cm³/mol. The van der Waals surface area contributed by atoms with E-state index in [-0.39, 0.29) is 5.75 Å². The number of alkyl halides is 3. The van der Waals surface area contributed by atoms with Crippen LogP contribution in [0.4, 0.5) is 23.7 Å². The summed E-state index contributed by atoms with van der Waals surface area (Å²) >= 11 is 0. The fourth-order valence-corrected chi connectivity index (χ4v) is 0.999. The van der Waals surface area contributed by atoms with Crippen molar-refractivity contribution in [2.24, 2.45) is 5.73 Å². The highest BCUT2D eigenvalue weighted by Crippen LogP contribution is 2.24. The lowest BCUT2D eigenvalue weighted by molar-refractivity contribution is -0.274. The molecule has 0 aromatic heterocycles. The Balaban J connectivity index is 2.79. The smallest absolute Gasteiger partial charge is 0.406 e. The van der Waals surface area contributed by atoms with E-state index in [0.29, 0.717) is 5.69 Å². The van der Waals surface area contributed by atoms with Gasteiger partial charge in [0.25, 0.3) is 0 Å². The highest BCUT2D eigenvalue weighted by molar-refractivity contribution is 5.89. The number of ether oxygens (including phenoxy) is 1. The molecule has 0 radical (unpaired) electrons. The maximum absolute atomic E-state index is 11.8. The zero-order valence-corrected chi connectivity index (χ0v) is 8.28. The van der Waals surface area contributed by atoms with Gasteiger partial charge in [-0.3, -0.25) is 4.90 Å². The summed E-state index contributed by atoms with van der Waals surface area (Å²) in [6, 6.07) is 4.09. The molecule has 2 amide bonds. The van der Waals surface area contributed by atoms with E-state index in [2.05, 4.69) is 4.74 Å². The third-order valence-corrected chi connectivity index (χ3v) is 1.79. The molecule has 1 aromatic carbocycles. The SMILES string of the molecule is CN(C(N)=O)c1ccc(OC(F)(F)F)cc1. The van der Waals surface area contributed by atoms with Crippen LogP contribution in [0.5, 0.6) is 5.75 Å². The van der Waals surface area contributed by atoms with Crippen molar-refractivity contribution < 1.29 is 22.7 Å². The van der Waals surface area contributed by atoms with Crippen molar-refractivity contribution in [1.82, 2.24) is 0 Å². The summed E-state index contributed by atoms with van der Waals surface area (Å²) in [5, 5.41) is 0. The molecule has 0 aliphatic rings. The molecule has 0 saturated heterocycles. The maximum Gasteiger partial charge on any atom is 0.573 e. The average Bonchev–Trinajstić information content (AvgIpc) is 2.15. The Kier molecular flexibility index (Phi) is 3.26. The summed E-state index contributed by atoms with van der Waals surface area (Å²) in [6.07, 6.45) is -4.73. The molecule has 0 bridgehead atoms. The molecule has 1 aromatic rings. The van der Waals surface area contributed by atoms with Gasteiger partial charge < -0.3 is 10.5 Å². The van der Waals surface area contributed by atoms with E-state index in [4.69, 9.17) is 5.73 Å². The third-order valence-electron chi connectivity index (χ3n) is 1.79. The van der Waals surface area contributed by atoms with Crippen LogP contribution < -0.4 is 15.4 Å². The number of carbonyl (C=O) groups excluding carboxylic acids is 1. The second-order valence-electron chi connectivity index (χ2n) is 2.94. The first kappa shape index (κ1) is 12.2. The van der Waals surface area contributed by atoms with Gasteiger partial charge in [0.15, 0.2) is 0 Å². The molecule has 88 valence electrons. The molecule has 2 N–H and O–H groups in total. The minimum atomic E-state index is -4.73. The van der Waals surface area contributed by atoms with Crippen molar-refractivity contribution in [2.75, 3.05) is 11.9 Å². The third kappa shape index (κ3) is 3.34. The lowest BCUT2D eigenvalue weighted by Gasteiger charge is -2.15. The van der Waals surface area contributed by atoms with Crippen LogP contribution in [0.3, 0.4) is 0 Å². The summed E-state index contributed by atoms with van der Waals surface area (Å²) < 4.78 is 39.1. The minimum Gasteiger partial charge on any atom is -0.406 e. The topological polar surface area (TPSA) is 55.6 Å². The Hall–Kier alpha value is -1.92. The number of nitrogens with two attached hydrogens (primary N) is 1. The van der Waals surface area contributed by atoms with Gasteiger partial charge in [-0.15, -0.1) is 13.2 Å². The normalized spacial score (nSPS) is 11.0. The number of rotatable bonds is 2. The molecule has 0 aliphatic heterocycles. The highest BCUT2D eigenvalue weighted by atomic mass is 19.4. The first-order chi connectivity index (χ1) is 7.29. The van der Waals surface area contributed by atoms with Gasteiger partial charge >= 0.3 is 12.4 Å². The second-order valence-corrected chi connectivity index (χ2v) is 2.94. The van der Waals surface area contributed by atoms with Crippen molar-refractivity contribution in [3.63, 3.8) is 0 Å². The Morgan fingerprint density at radius 2 is 1.81 bits per heavy atom. The second kappa shape index (κ2) is 4.30. The molecule has 0 aliphatic carbocycles. The van der Waals surface area contributed by atoms with Crippen LogP contribution in [0.1, 0.15) is 0 Å². The standard InChI is InChI=1S/C9H9F3N2O2/c1-14(8(13)15)6-2-4-7(5-3-6)16-9(10,11)12/h2-5H,1H3,(H2,13,15). The van der Waals surface area contributed by atoms with Crippen LogP contribution in [0.2, 0.25) is 0 Å². The zero-order valence-electron chi connectivity index (χ0n) is 8.28. The summed E-state index contributed by atoms with van der Waals surface area (Å²) in [5.41, 5.74) is 5.36. The molecular formula is C9H9F3N2O2. The van der Waals surface area contributed by atoms with Gasteiger partial charge in [-0.1, -0.05) is 0 Å². The van der Waals surface area contributed by atoms with E-state index in [1.165, 1.54) is 19.2 Å². The summed E-state index contributed by atoms with van der Waals surface area (Å²) in [4.78, 5) is 11.8. The van der Waals surface area contributed by atoms with Crippen molar-refractivity contribution in [1.29, 1.82) is 0 Å². The van der Waals surface area contributed by atoms with Crippen LogP contribution in [0, 0.1) is 0 Å². The van der Waals surface area contributed by atoms with Crippen LogP contribution in [-0.4, -0.2) is 19.4 Å². The van der Waals surface area contributed by atoms with E-state index in [1.807, 2.05) is 0 Å². The quantitative estimate of drug-likeness (QED) is 0.851. The van der Waals surface area contributed by atoms with Gasteiger partial charge in [-0.25, -0.2) is 4.79 Å². The fourth-order valence-electron chi connectivity index (χ4n) is 0.999. The van der Waals surface area contributed by atoms with Crippen LogP contribution in [-0.2, 0) is 0 Å². The Bertz CT molecular complexity index is 375. The summed E-state index contributed by atoms with van der Waals surface area (Å²) in [6.45, 7) is 0. The minimum absolute atomic E-state index is 0.353. The Morgan fingerprint density at radius 3 is 2.19 bits per heavy atom.